The van der Waals surface area contributed by atoms with Crippen LogP contribution in [0.2, 0.25) is 10.0 Å². The Kier molecular flexibility index (Phi) is 4.45. The third kappa shape index (κ3) is 2.70. The van der Waals surface area contributed by atoms with Crippen LogP contribution in [-0.2, 0) is 4.74 Å². The second kappa shape index (κ2) is 6.64. The van der Waals surface area contributed by atoms with E-state index in [4.69, 9.17) is 27.9 Å². The van der Waals surface area contributed by atoms with Gasteiger partial charge in [0.2, 0.25) is 0 Å². The molecule has 0 unspecified atom stereocenters. The number of rotatable bonds is 2. The number of methoxy groups -OCH3 is 1. The maximum absolute atomic E-state index is 12.1. The second-order valence-electron chi connectivity index (χ2n) is 6.84. The number of carbonyl (C=O) groups is 1. The molecule has 2 aliphatic rings. The minimum Gasteiger partial charge on any atom is -0.465 e. The summed E-state index contributed by atoms with van der Waals surface area (Å²) in [7, 11) is 1.40. The lowest BCUT2D eigenvalue weighted by molar-refractivity contribution is 0.0600. The van der Waals surface area contributed by atoms with Crippen molar-refractivity contribution >= 4 is 34.9 Å². The Morgan fingerprint density at radius 2 is 1.96 bits per heavy atom. The molecule has 1 aliphatic heterocycles. The normalized spacial score (nSPS) is 23.2. The number of nitrogens with one attached hydrogen (secondary N) is 1. The van der Waals surface area contributed by atoms with Crippen molar-refractivity contribution in [1.82, 2.24) is 0 Å². The molecule has 0 bridgehead atoms. The molecular formula is C21H19Cl2NO2. The smallest absolute Gasteiger partial charge is 0.338 e. The number of benzene rings is 2. The number of ether oxygens (including phenoxy) is 1. The summed E-state index contributed by atoms with van der Waals surface area (Å²) < 4.78 is 4.92. The first kappa shape index (κ1) is 17.4. The molecule has 0 saturated heterocycles. The van der Waals surface area contributed by atoms with Crippen molar-refractivity contribution in [2.24, 2.45) is 5.92 Å². The molecule has 1 aliphatic carbocycles. The molecule has 3 nitrogen and oxygen atoms in total. The average molecular weight is 388 g/mol. The Morgan fingerprint density at radius 3 is 2.69 bits per heavy atom. The molecule has 4 rings (SSSR count). The molecule has 2 aromatic rings. The molecule has 134 valence electrons. The molecule has 0 radical (unpaired) electrons. The van der Waals surface area contributed by atoms with Crippen molar-refractivity contribution in [2.45, 2.75) is 25.3 Å². The fourth-order valence-corrected chi connectivity index (χ4v) is 4.73. The van der Waals surface area contributed by atoms with E-state index < -0.39 is 0 Å². The predicted octanol–water partition coefficient (Wildman–Crippen LogP) is 5.91. The summed E-state index contributed by atoms with van der Waals surface area (Å²) in [6, 6.07) is 9.59. The predicted molar refractivity (Wildman–Crippen MR) is 105 cm³/mol. The average Bonchev–Trinajstić information content (AvgIpc) is 3.11. The zero-order valence-electron chi connectivity index (χ0n) is 14.6. The van der Waals surface area contributed by atoms with E-state index in [2.05, 4.69) is 17.5 Å². The third-order valence-corrected chi connectivity index (χ3v) is 6.06. The van der Waals surface area contributed by atoms with Gasteiger partial charge in [0, 0.05) is 21.7 Å². The van der Waals surface area contributed by atoms with Gasteiger partial charge in [0.1, 0.15) is 0 Å². The molecule has 1 heterocycles. The van der Waals surface area contributed by atoms with Crippen molar-refractivity contribution in [1.29, 1.82) is 0 Å². The van der Waals surface area contributed by atoms with Gasteiger partial charge in [-0.15, -0.1) is 0 Å². The fourth-order valence-electron chi connectivity index (χ4n) is 4.21. The van der Waals surface area contributed by atoms with Crippen LogP contribution in [0.15, 0.2) is 42.5 Å². The zero-order chi connectivity index (χ0) is 18.4. The molecule has 3 atom stereocenters. The van der Waals surface area contributed by atoms with E-state index >= 15 is 0 Å². The summed E-state index contributed by atoms with van der Waals surface area (Å²) in [4.78, 5) is 12.1. The van der Waals surface area contributed by atoms with E-state index in [1.54, 1.807) is 6.07 Å². The van der Waals surface area contributed by atoms with E-state index in [1.807, 2.05) is 31.2 Å². The van der Waals surface area contributed by atoms with E-state index in [-0.39, 0.29) is 12.0 Å². The number of hydrogen-bond donors (Lipinski definition) is 1. The van der Waals surface area contributed by atoms with E-state index in [9.17, 15) is 4.79 Å². The van der Waals surface area contributed by atoms with E-state index in [0.717, 1.165) is 23.2 Å². The summed E-state index contributed by atoms with van der Waals surface area (Å²) >= 11 is 12.6. The Morgan fingerprint density at radius 1 is 1.19 bits per heavy atom. The van der Waals surface area contributed by atoms with Crippen LogP contribution in [0.5, 0.6) is 0 Å². The molecule has 0 spiro atoms. The monoisotopic (exact) mass is 387 g/mol. The lowest BCUT2D eigenvalue weighted by atomic mass is 9.76. The summed E-state index contributed by atoms with van der Waals surface area (Å²) in [5, 5.41) is 4.94. The van der Waals surface area contributed by atoms with Crippen LogP contribution >= 0.6 is 23.2 Å². The highest BCUT2D eigenvalue weighted by atomic mass is 35.5. The van der Waals surface area contributed by atoms with Crippen LogP contribution in [-0.4, -0.2) is 13.1 Å². The molecule has 1 N–H and O–H groups in total. The number of hydrogen-bond acceptors (Lipinski definition) is 3. The highest BCUT2D eigenvalue weighted by Gasteiger charge is 2.39. The van der Waals surface area contributed by atoms with Crippen molar-refractivity contribution in [3.63, 3.8) is 0 Å². The highest BCUT2D eigenvalue weighted by molar-refractivity contribution is 6.35. The van der Waals surface area contributed by atoms with Gasteiger partial charge >= 0.3 is 5.97 Å². The summed E-state index contributed by atoms with van der Waals surface area (Å²) in [6.45, 7) is 1.96. The SMILES string of the molecule is COC(=O)c1ccc2c(c1C)N[C@H](c1ccc(Cl)cc1Cl)[C@@H]1CC=C[C@@H]21. The maximum Gasteiger partial charge on any atom is 0.338 e. The first-order valence-electron chi connectivity index (χ1n) is 8.61. The van der Waals surface area contributed by atoms with Crippen molar-refractivity contribution < 1.29 is 9.53 Å². The standard InChI is InChI=1S/C21H19Cl2NO2/c1-11-13(21(25)26-2)8-9-16-14-4-3-5-15(14)20(24-19(11)16)17-7-6-12(22)10-18(17)23/h3-4,6-10,14-15,20,24H,5H2,1-2H3/t14-,15-,20+/m1/s1. The summed E-state index contributed by atoms with van der Waals surface area (Å²) in [5.41, 5.74) is 4.73. The van der Waals surface area contributed by atoms with Crippen molar-refractivity contribution in [2.75, 3.05) is 12.4 Å². The van der Waals surface area contributed by atoms with Crippen LogP contribution in [0.25, 0.3) is 0 Å². The van der Waals surface area contributed by atoms with Crippen LogP contribution in [0, 0.1) is 12.8 Å². The van der Waals surface area contributed by atoms with Crippen molar-refractivity contribution in [3.05, 3.63) is 74.8 Å². The van der Waals surface area contributed by atoms with Crippen molar-refractivity contribution in [3.8, 4) is 0 Å². The molecule has 0 fully saturated rings. The first-order valence-corrected chi connectivity index (χ1v) is 9.36. The number of halogens is 2. The van der Waals surface area contributed by atoms with Gasteiger partial charge in [-0.05, 0) is 54.2 Å². The van der Waals surface area contributed by atoms with Gasteiger partial charge in [0.05, 0.1) is 18.7 Å². The minimum atomic E-state index is -0.322. The number of esters is 1. The minimum absolute atomic E-state index is 0.0545. The summed E-state index contributed by atoms with van der Waals surface area (Å²) in [6.07, 6.45) is 5.48. The Hall–Kier alpha value is -1.97. The Balaban J connectivity index is 1.84. The van der Waals surface area contributed by atoms with Gasteiger partial charge in [-0.3, -0.25) is 0 Å². The lowest BCUT2D eigenvalue weighted by Crippen LogP contribution is -2.30. The Bertz CT molecular complexity index is 922. The van der Waals surface area contributed by atoms with Gasteiger partial charge < -0.3 is 10.1 Å². The molecule has 2 aromatic carbocycles. The van der Waals surface area contributed by atoms with Gasteiger partial charge in [0.15, 0.2) is 0 Å². The third-order valence-electron chi connectivity index (χ3n) is 5.50. The highest BCUT2D eigenvalue weighted by Crippen LogP contribution is 2.52. The second-order valence-corrected chi connectivity index (χ2v) is 7.68. The van der Waals surface area contributed by atoms with E-state index in [1.165, 1.54) is 12.7 Å². The van der Waals surface area contributed by atoms with Gasteiger partial charge in [-0.2, -0.15) is 0 Å². The molecule has 0 saturated carbocycles. The number of anilines is 1. The van der Waals surface area contributed by atoms with Gasteiger partial charge in [0.25, 0.3) is 0 Å². The molecule has 0 amide bonds. The van der Waals surface area contributed by atoms with Crippen LogP contribution in [0.4, 0.5) is 5.69 Å². The van der Waals surface area contributed by atoms with Gasteiger partial charge in [-0.25, -0.2) is 4.79 Å². The largest absolute Gasteiger partial charge is 0.465 e. The maximum atomic E-state index is 12.1. The van der Waals surface area contributed by atoms with Crippen LogP contribution < -0.4 is 5.32 Å². The molecule has 5 heteroatoms. The topological polar surface area (TPSA) is 38.3 Å². The Labute approximate surface area is 163 Å². The fraction of sp³-hybridized carbons (Fsp3) is 0.286. The first-order chi connectivity index (χ1) is 12.5. The van der Waals surface area contributed by atoms with Crippen LogP contribution in [0.3, 0.4) is 0 Å². The van der Waals surface area contributed by atoms with Crippen LogP contribution in [0.1, 0.15) is 45.4 Å². The number of allylic oxidation sites excluding steroid dienone is 2. The quantitative estimate of drug-likeness (QED) is 0.513. The molecule has 26 heavy (non-hydrogen) atoms. The summed E-state index contributed by atoms with van der Waals surface area (Å²) in [5.74, 6) is 0.357. The van der Waals surface area contributed by atoms with Gasteiger partial charge in [-0.1, -0.05) is 47.5 Å². The number of carbonyl (C=O) groups excluding carboxylic acids is 1. The lowest BCUT2D eigenvalue weighted by Gasteiger charge is -2.39. The molecule has 0 aromatic heterocycles. The zero-order valence-corrected chi connectivity index (χ0v) is 16.1. The number of fused-ring (bicyclic) bond motifs is 3. The van der Waals surface area contributed by atoms with E-state index in [0.29, 0.717) is 27.4 Å². The molecular weight excluding hydrogens is 369 g/mol.